The second-order valence-electron chi connectivity index (χ2n) is 2.08. The molecule has 0 saturated heterocycles. The van der Waals surface area contributed by atoms with Crippen molar-refractivity contribution in [2.24, 2.45) is 0 Å². The smallest absolute Gasteiger partial charge is 0.423 e. The van der Waals surface area contributed by atoms with E-state index in [9.17, 15) is 0 Å². The first-order chi connectivity index (χ1) is 5.65. The Kier molecular flexibility index (Phi) is 2.81. The van der Waals surface area contributed by atoms with Gasteiger partial charge in [-0.15, -0.1) is 0 Å². The van der Waals surface area contributed by atoms with Crippen molar-refractivity contribution in [1.82, 2.24) is 4.98 Å². The van der Waals surface area contributed by atoms with Crippen LogP contribution in [0.3, 0.4) is 0 Å². The molecule has 0 spiro atoms. The van der Waals surface area contributed by atoms with Gasteiger partial charge < -0.3 is 10.0 Å². The Hall–Kier alpha value is -0.895. The molecule has 2 N–H and O–H groups in total. The Morgan fingerprint density at radius 1 is 1.58 bits per heavy atom. The summed E-state index contributed by atoms with van der Waals surface area (Å²) in [6.45, 7) is 0. The average molecular weight is 227 g/mol. The summed E-state index contributed by atoms with van der Waals surface area (Å²) in [6.07, 6.45) is 1.24. The molecule has 0 aliphatic rings. The Bertz CT molecular complexity index is 337. The molecule has 0 amide bonds. The van der Waals surface area contributed by atoms with Crippen LogP contribution in [0.4, 0.5) is 0 Å². The van der Waals surface area contributed by atoms with Gasteiger partial charge in [-0.25, -0.2) is 4.98 Å². The van der Waals surface area contributed by atoms with E-state index < -0.39 is 7.12 Å². The van der Waals surface area contributed by atoms with Crippen LogP contribution in [0.25, 0.3) is 0 Å². The summed E-state index contributed by atoms with van der Waals surface area (Å²) in [5.74, 6) is 0. The van der Waals surface area contributed by atoms with Crippen LogP contribution in [0.5, 0.6) is 0 Å². The summed E-state index contributed by atoms with van der Waals surface area (Å²) in [5.41, 5.74) is 0.313. The Morgan fingerprint density at radius 3 is 2.75 bits per heavy atom. The van der Waals surface area contributed by atoms with Crippen molar-refractivity contribution in [2.75, 3.05) is 0 Å². The number of pyridine rings is 1. The van der Waals surface area contributed by atoms with Gasteiger partial charge in [0.25, 0.3) is 0 Å². The van der Waals surface area contributed by atoms with Crippen molar-refractivity contribution in [1.29, 1.82) is 5.26 Å². The molecule has 0 atom stereocenters. The van der Waals surface area contributed by atoms with E-state index in [2.05, 4.69) is 20.9 Å². The van der Waals surface area contributed by atoms with Gasteiger partial charge in [0.1, 0.15) is 4.60 Å². The van der Waals surface area contributed by atoms with Gasteiger partial charge in [0.05, 0.1) is 11.6 Å². The lowest BCUT2D eigenvalue weighted by atomic mass is 9.79. The Labute approximate surface area is 77.8 Å². The standard InChI is InChI=1S/C6H4BBrN2O2/c8-6-1-4(2-9)5(3-10-6)7(11)12/h1,3,11-12H. The molecule has 4 nitrogen and oxygen atoms in total. The molecule has 0 bridgehead atoms. The van der Waals surface area contributed by atoms with E-state index in [1.165, 1.54) is 12.3 Å². The van der Waals surface area contributed by atoms with Crippen LogP contribution >= 0.6 is 15.9 Å². The summed E-state index contributed by atoms with van der Waals surface area (Å²) in [6, 6.07) is 3.25. The zero-order valence-corrected chi connectivity index (χ0v) is 7.48. The highest BCUT2D eigenvalue weighted by Gasteiger charge is 2.16. The van der Waals surface area contributed by atoms with Crippen LogP contribution in [-0.4, -0.2) is 22.2 Å². The van der Waals surface area contributed by atoms with Crippen molar-refractivity contribution in [2.45, 2.75) is 0 Å². The molecule has 6 heteroatoms. The SMILES string of the molecule is N#Cc1cc(Br)ncc1B(O)O. The van der Waals surface area contributed by atoms with Crippen molar-refractivity contribution in [3.05, 3.63) is 22.4 Å². The molecular formula is C6H4BBrN2O2. The van der Waals surface area contributed by atoms with Gasteiger partial charge in [0, 0.05) is 11.7 Å². The molecule has 12 heavy (non-hydrogen) atoms. The molecule has 0 saturated carbocycles. The third-order valence-corrected chi connectivity index (χ3v) is 1.73. The van der Waals surface area contributed by atoms with E-state index in [0.29, 0.717) is 4.60 Å². The number of rotatable bonds is 1. The minimum Gasteiger partial charge on any atom is -0.423 e. The van der Waals surface area contributed by atoms with Crippen molar-refractivity contribution in [3.63, 3.8) is 0 Å². The molecule has 0 aliphatic carbocycles. The summed E-state index contributed by atoms with van der Waals surface area (Å²) in [5, 5.41) is 26.1. The summed E-state index contributed by atoms with van der Waals surface area (Å²) in [7, 11) is -1.65. The fraction of sp³-hybridized carbons (Fsp3) is 0. The van der Waals surface area contributed by atoms with Crippen LogP contribution in [-0.2, 0) is 0 Å². The molecule has 0 unspecified atom stereocenters. The predicted octanol–water partition coefficient (Wildman–Crippen LogP) is -0.604. The molecule has 0 fully saturated rings. The fourth-order valence-corrected chi connectivity index (χ4v) is 1.07. The van der Waals surface area contributed by atoms with Crippen LogP contribution in [0.2, 0.25) is 0 Å². The van der Waals surface area contributed by atoms with E-state index in [1.807, 2.05) is 6.07 Å². The molecule has 1 aromatic heterocycles. The first-order valence-electron chi connectivity index (χ1n) is 3.07. The third-order valence-electron chi connectivity index (χ3n) is 1.30. The van der Waals surface area contributed by atoms with E-state index in [0.717, 1.165) is 0 Å². The topological polar surface area (TPSA) is 77.1 Å². The number of hydrogen-bond acceptors (Lipinski definition) is 4. The lowest BCUT2D eigenvalue weighted by molar-refractivity contribution is 0.425. The first kappa shape index (κ1) is 9.19. The van der Waals surface area contributed by atoms with Gasteiger partial charge in [0.2, 0.25) is 0 Å². The van der Waals surface area contributed by atoms with Crippen molar-refractivity contribution in [3.8, 4) is 6.07 Å². The van der Waals surface area contributed by atoms with E-state index in [1.54, 1.807) is 0 Å². The molecule has 0 aliphatic heterocycles. The normalized spacial score (nSPS) is 9.17. The van der Waals surface area contributed by atoms with Crippen molar-refractivity contribution >= 4 is 28.5 Å². The molecule has 1 aromatic rings. The summed E-state index contributed by atoms with van der Waals surface area (Å²) >= 11 is 3.06. The fourth-order valence-electron chi connectivity index (χ4n) is 0.743. The summed E-state index contributed by atoms with van der Waals surface area (Å²) in [4.78, 5) is 3.75. The maximum absolute atomic E-state index is 8.78. The predicted molar refractivity (Wildman–Crippen MR) is 46.5 cm³/mol. The molecule has 1 rings (SSSR count). The van der Waals surface area contributed by atoms with Crippen LogP contribution in [0.1, 0.15) is 5.56 Å². The maximum atomic E-state index is 8.78. The zero-order chi connectivity index (χ0) is 9.14. The third kappa shape index (κ3) is 1.82. The van der Waals surface area contributed by atoms with Gasteiger partial charge in [-0.2, -0.15) is 5.26 Å². The average Bonchev–Trinajstić information content (AvgIpc) is 2.03. The minimum atomic E-state index is -1.65. The van der Waals surface area contributed by atoms with Gasteiger partial charge >= 0.3 is 7.12 Å². The van der Waals surface area contributed by atoms with Crippen LogP contribution in [0.15, 0.2) is 16.9 Å². The monoisotopic (exact) mass is 226 g/mol. The van der Waals surface area contributed by atoms with Crippen LogP contribution in [0, 0.1) is 11.3 Å². The molecule has 0 radical (unpaired) electrons. The molecular weight excluding hydrogens is 223 g/mol. The Morgan fingerprint density at radius 2 is 2.25 bits per heavy atom. The molecule has 1 heterocycles. The largest absolute Gasteiger partial charge is 0.491 e. The van der Waals surface area contributed by atoms with Gasteiger partial charge in [0.15, 0.2) is 0 Å². The number of aromatic nitrogens is 1. The highest BCUT2D eigenvalue weighted by Crippen LogP contribution is 2.05. The number of halogens is 1. The highest BCUT2D eigenvalue weighted by atomic mass is 79.9. The molecule has 0 aromatic carbocycles. The van der Waals surface area contributed by atoms with Gasteiger partial charge in [-0.1, -0.05) is 0 Å². The summed E-state index contributed by atoms with van der Waals surface area (Å²) < 4.78 is 0.489. The highest BCUT2D eigenvalue weighted by molar-refractivity contribution is 9.10. The minimum absolute atomic E-state index is 0.112. The Balaban J connectivity index is 3.23. The van der Waals surface area contributed by atoms with Crippen LogP contribution < -0.4 is 5.46 Å². The lowest BCUT2D eigenvalue weighted by Gasteiger charge is -2.00. The first-order valence-corrected chi connectivity index (χ1v) is 3.86. The van der Waals surface area contributed by atoms with E-state index >= 15 is 0 Å². The van der Waals surface area contributed by atoms with Crippen molar-refractivity contribution < 1.29 is 10.0 Å². The number of nitriles is 1. The quantitative estimate of drug-likeness (QED) is 0.495. The lowest BCUT2D eigenvalue weighted by Crippen LogP contribution is -2.32. The van der Waals surface area contributed by atoms with E-state index in [-0.39, 0.29) is 11.0 Å². The molecule has 60 valence electrons. The maximum Gasteiger partial charge on any atom is 0.491 e. The van der Waals surface area contributed by atoms with Gasteiger partial charge in [-0.3, -0.25) is 0 Å². The zero-order valence-electron chi connectivity index (χ0n) is 5.90. The second-order valence-corrected chi connectivity index (χ2v) is 2.89. The number of nitrogens with zero attached hydrogens (tertiary/aromatic N) is 2. The number of hydrogen-bond donors (Lipinski definition) is 2. The van der Waals surface area contributed by atoms with E-state index in [4.69, 9.17) is 15.3 Å². The van der Waals surface area contributed by atoms with Gasteiger partial charge in [-0.05, 0) is 22.0 Å². The second kappa shape index (κ2) is 3.67.